The van der Waals surface area contributed by atoms with Gasteiger partial charge in [-0.1, -0.05) is 44.2 Å². The van der Waals surface area contributed by atoms with Crippen LogP contribution in [0.4, 0.5) is 0 Å². The Morgan fingerprint density at radius 3 is 2.47 bits per heavy atom. The number of rotatable bonds is 4. The fourth-order valence-corrected chi connectivity index (χ4v) is 1.30. The lowest BCUT2D eigenvalue weighted by atomic mass is 10.1. The van der Waals surface area contributed by atoms with Gasteiger partial charge in [0.1, 0.15) is 0 Å². The van der Waals surface area contributed by atoms with Gasteiger partial charge in [-0.3, -0.25) is 4.79 Å². The first-order chi connectivity index (χ1) is 7.11. The summed E-state index contributed by atoms with van der Waals surface area (Å²) in [6.45, 7) is 4.40. The van der Waals surface area contributed by atoms with Crippen molar-refractivity contribution in [3.05, 3.63) is 35.9 Å². The molecule has 0 aliphatic rings. The van der Waals surface area contributed by atoms with Crippen LogP contribution in [0.15, 0.2) is 30.3 Å². The van der Waals surface area contributed by atoms with Crippen LogP contribution in [0.25, 0.3) is 0 Å². The van der Waals surface area contributed by atoms with Crippen LogP contribution < -0.4 is 5.32 Å². The van der Waals surface area contributed by atoms with Crippen LogP contribution in [-0.2, 0) is 11.3 Å². The Bertz CT molecular complexity index is 311. The Balaban J connectivity index is 2.41. The minimum absolute atomic E-state index is 0.0568. The van der Waals surface area contributed by atoms with Gasteiger partial charge in [0.05, 0.1) is 0 Å². The third-order valence-electron chi connectivity index (χ3n) is 2.45. The first-order valence-corrected chi connectivity index (χ1v) is 5.62. The molecule has 0 unspecified atom stereocenters. The standard InChI is InChI=1S/C12H17NOS/c1-9(10(2)15)12(14)13-8-11-6-4-3-5-7-11/h3-7,9-10,15H,8H2,1-2H3,(H,13,14)/t9-,10+/m0/s1. The summed E-state index contributed by atoms with van der Waals surface area (Å²) >= 11 is 4.25. The zero-order valence-electron chi connectivity index (χ0n) is 9.10. The van der Waals surface area contributed by atoms with E-state index < -0.39 is 0 Å². The summed E-state index contributed by atoms with van der Waals surface area (Å²) in [6, 6.07) is 9.88. The van der Waals surface area contributed by atoms with Gasteiger partial charge < -0.3 is 5.32 Å². The van der Waals surface area contributed by atoms with E-state index in [1.165, 1.54) is 0 Å². The molecule has 0 saturated carbocycles. The van der Waals surface area contributed by atoms with Crippen LogP contribution in [0, 0.1) is 5.92 Å². The van der Waals surface area contributed by atoms with E-state index in [0.717, 1.165) is 5.56 Å². The Hall–Kier alpha value is -0.960. The lowest BCUT2D eigenvalue weighted by Crippen LogP contribution is -2.32. The summed E-state index contributed by atoms with van der Waals surface area (Å²) in [5, 5.41) is 2.98. The number of thiol groups is 1. The van der Waals surface area contributed by atoms with Crippen molar-refractivity contribution in [3.8, 4) is 0 Å². The maximum atomic E-state index is 11.6. The summed E-state index contributed by atoms with van der Waals surface area (Å²) in [5.74, 6) is -0.00148. The maximum Gasteiger partial charge on any atom is 0.224 e. The molecule has 15 heavy (non-hydrogen) atoms. The van der Waals surface area contributed by atoms with Crippen LogP contribution >= 0.6 is 12.6 Å². The van der Waals surface area contributed by atoms with Gasteiger partial charge in [0.25, 0.3) is 0 Å². The number of hydrogen-bond acceptors (Lipinski definition) is 2. The largest absolute Gasteiger partial charge is 0.352 e. The molecular weight excluding hydrogens is 206 g/mol. The van der Waals surface area contributed by atoms with Crippen molar-refractivity contribution in [1.29, 1.82) is 0 Å². The molecule has 3 heteroatoms. The monoisotopic (exact) mass is 223 g/mol. The predicted molar refractivity (Wildman–Crippen MR) is 65.9 cm³/mol. The van der Waals surface area contributed by atoms with Gasteiger partial charge in [-0.25, -0.2) is 0 Å². The van der Waals surface area contributed by atoms with Crippen LogP contribution in [0.1, 0.15) is 19.4 Å². The van der Waals surface area contributed by atoms with Crippen molar-refractivity contribution in [3.63, 3.8) is 0 Å². The van der Waals surface area contributed by atoms with Gasteiger partial charge in [0.2, 0.25) is 5.91 Å². The van der Waals surface area contributed by atoms with E-state index in [4.69, 9.17) is 0 Å². The summed E-state index contributed by atoms with van der Waals surface area (Å²) in [7, 11) is 0. The lowest BCUT2D eigenvalue weighted by Gasteiger charge is -2.14. The highest BCUT2D eigenvalue weighted by Crippen LogP contribution is 2.09. The van der Waals surface area contributed by atoms with E-state index in [1.54, 1.807) is 0 Å². The summed E-state index contributed by atoms with van der Waals surface area (Å²) in [4.78, 5) is 11.6. The quantitative estimate of drug-likeness (QED) is 0.753. The maximum absolute atomic E-state index is 11.6. The summed E-state index contributed by atoms with van der Waals surface area (Å²) in [5.41, 5.74) is 1.12. The highest BCUT2D eigenvalue weighted by atomic mass is 32.1. The second-order valence-electron chi connectivity index (χ2n) is 3.73. The number of amides is 1. The zero-order valence-corrected chi connectivity index (χ0v) is 10.00. The molecule has 0 fully saturated rings. The number of hydrogen-bond donors (Lipinski definition) is 2. The van der Waals surface area contributed by atoms with E-state index in [2.05, 4.69) is 17.9 Å². The zero-order chi connectivity index (χ0) is 11.3. The molecule has 2 nitrogen and oxygen atoms in total. The minimum Gasteiger partial charge on any atom is -0.352 e. The fraction of sp³-hybridized carbons (Fsp3) is 0.417. The Morgan fingerprint density at radius 1 is 1.33 bits per heavy atom. The Labute approximate surface area is 96.5 Å². The van der Waals surface area contributed by atoms with Crippen LogP contribution in [-0.4, -0.2) is 11.2 Å². The highest BCUT2D eigenvalue weighted by molar-refractivity contribution is 7.81. The van der Waals surface area contributed by atoms with Crippen molar-refractivity contribution in [1.82, 2.24) is 5.32 Å². The van der Waals surface area contributed by atoms with E-state index in [9.17, 15) is 4.79 Å². The molecular formula is C12H17NOS. The molecule has 1 aromatic rings. The molecule has 0 spiro atoms. The van der Waals surface area contributed by atoms with Crippen molar-refractivity contribution < 1.29 is 4.79 Å². The first-order valence-electron chi connectivity index (χ1n) is 5.11. The molecule has 0 bridgehead atoms. The van der Waals surface area contributed by atoms with E-state index in [0.29, 0.717) is 6.54 Å². The van der Waals surface area contributed by atoms with E-state index in [1.807, 2.05) is 44.2 Å². The highest BCUT2D eigenvalue weighted by Gasteiger charge is 2.16. The molecule has 1 N–H and O–H groups in total. The first kappa shape index (κ1) is 12.1. The molecule has 1 amide bonds. The average molecular weight is 223 g/mol. The van der Waals surface area contributed by atoms with Gasteiger partial charge in [-0.15, -0.1) is 0 Å². The minimum atomic E-state index is -0.0583. The van der Waals surface area contributed by atoms with Gasteiger partial charge in [0, 0.05) is 17.7 Å². The van der Waals surface area contributed by atoms with Crippen molar-refractivity contribution in [2.75, 3.05) is 0 Å². The Kier molecular flexibility index (Phi) is 4.69. The van der Waals surface area contributed by atoms with Gasteiger partial charge in [0.15, 0.2) is 0 Å². The normalized spacial score (nSPS) is 14.3. The molecule has 2 atom stereocenters. The van der Waals surface area contributed by atoms with E-state index in [-0.39, 0.29) is 17.1 Å². The van der Waals surface area contributed by atoms with Crippen LogP contribution in [0.2, 0.25) is 0 Å². The van der Waals surface area contributed by atoms with Gasteiger partial charge in [-0.05, 0) is 5.56 Å². The molecule has 0 aliphatic carbocycles. The number of carbonyl (C=O) groups is 1. The van der Waals surface area contributed by atoms with Crippen LogP contribution in [0.3, 0.4) is 0 Å². The topological polar surface area (TPSA) is 29.1 Å². The summed E-state index contributed by atoms with van der Waals surface area (Å²) in [6.07, 6.45) is 0. The predicted octanol–water partition coefficient (Wildman–Crippen LogP) is 2.26. The second-order valence-corrected chi connectivity index (χ2v) is 4.55. The molecule has 0 saturated heterocycles. The number of benzene rings is 1. The molecule has 0 aromatic heterocycles. The van der Waals surface area contributed by atoms with Crippen molar-refractivity contribution in [2.45, 2.75) is 25.6 Å². The third kappa shape index (κ3) is 3.96. The summed E-state index contributed by atoms with van der Waals surface area (Å²) < 4.78 is 0. The molecule has 82 valence electrons. The van der Waals surface area contributed by atoms with Crippen molar-refractivity contribution >= 4 is 18.5 Å². The lowest BCUT2D eigenvalue weighted by molar-refractivity contribution is -0.124. The number of nitrogens with one attached hydrogen (secondary N) is 1. The Morgan fingerprint density at radius 2 is 1.93 bits per heavy atom. The van der Waals surface area contributed by atoms with Gasteiger partial charge >= 0.3 is 0 Å². The molecule has 1 rings (SSSR count). The van der Waals surface area contributed by atoms with E-state index >= 15 is 0 Å². The molecule has 1 aromatic carbocycles. The molecule has 0 aliphatic heterocycles. The third-order valence-corrected chi connectivity index (χ3v) is 2.89. The molecule has 0 radical (unpaired) electrons. The van der Waals surface area contributed by atoms with Crippen LogP contribution in [0.5, 0.6) is 0 Å². The number of carbonyl (C=O) groups excluding carboxylic acids is 1. The second kappa shape index (κ2) is 5.81. The molecule has 0 heterocycles. The SMILES string of the molecule is C[C@H](C(=O)NCc1ccccc1)[C@@H](C)S. The van der Waals surface area contributed by atoms with Gasteiger partial charge in [-0.2, -0.15) is 12.6 Å². The smallest absolute Gasteiger partial charge is 0.224 e. The average Bonchev–Trinajstić information content (AvgIpc) is 2.26. The van der Waals surface area contributed by atoms with Crippen molar-refractivity contribution in [2.24, 2.45) is 5.92 Å². The fourth-order valence-electron chi connectivity index (χ4n) is 1.17.